The van der Waals surface area contributed by atoms with Crippen molar-refractivity contribution in [2.45, 2.75) is 31.1 Å². The second kappa shape index (κ2) is 6.54. The monoisotopic (exact) mass is 317 g/mol. The van der Waals surface area contributed by atoms with Crippen LogP contribution in [0.1, 0.15) is 25.7 Å². The largest absolute Gasteiger partial charge is 0.229 e. The minimum Gasteiger partial charge on any atom is -0.229 e. The molecule has 0 heterocycles. The van der Waals surface area contributed by atoms with Gasteiger partial charge in [0.1, 0.15) is 9.84 Å². The first kappa shape index (κ1) is 16.2. The van der Waals surface area contributed by atoms with E-state index < -0.39 is 19.9 Å². The average molecular weight is 318 g/mol. The van der Waals surface area contributed by atoms with Gasteiger partial charge >= 0.3 is 0 Å². The van der Waals surface area contributed by atoms with E-state index in [2.05, 4.69) is 4.72 Å². The highest BCUT2D eigenvalue weighted by Gasteiger charge is 2.24. The first-order chi connectivity index (χ1) is 8.20. The number of halogens is 1. The number of sulfonamides is 1. The van der Waals surface area contributed by atoms with Gasteiger partial charge in [-0.15, -0.1) is 11.6 Å². The van der Waals surface area contributed by atoms with Crippen LogP contribution in [0.2, 0.25) is 0 Å². The summed E-state index contributed by atoms with van der Waals surface area (Å²) in [5.41, 5.74) is 0. The van der Waals surface area contributed by atoms with Gasteiger partial charge in [0.2, 0.25) is 10.0 Å². The molecule has 1 aliphatic carbocycles. The third-order valence-electron chi connectivity index (χ3n) is 3.10. The summed E-state index contributed by atoms with van der Waals surface area (Å²) in [5.74, 6) is -0.587. The Balaban J connectivity index is 2.41. The van der Waals surface area contributed by atoms with Crippen molar-refractivity contribution in [2.24, 2.45) is 5.92 Å². The zero-order valence-corrected chi connectivity index (χ0v) is 12.8. The zero-order valence-electron chi connectivity index (χ0n) is 10.4. The lowest BCUT2D eigenvalue weighted by Crippen LogP contribution is -2.37. The lowest BCUT2D eigenvalue weighted by atomic mass is 9.89. The highest BCUT2D eigenvalue weighted by molar-refractivity contribution is 7.93. The van der Waals surface area contributed by atoms with E-state index in [1.807, 2.05) is 0 Å². The molecule has 1 rings (SSSR count). The molecule has 0 radical (unpaired) electrons. The predicted octanol–water partition coefficient (Wildman–Crippen LogP) is 0.748. The van der Waals surface area contributed by atoms with Crippen molar-refractivity contribution >= 4 is 31.5 Å². The fourth-order valence-electron chi connectivity index (χ4n) is 1.96. The maximum absolute atomic E-state index is 11.6. The second-order valence-corrected chi connectivity index (χ2v) is 9.60. The van der Waals surface area contributed by atoms with Gasteiger partial charge in [0, 0.05) is 18.2 Å². The van der Waals surface area contributed by atoms with Crippen LogP contribution in [0.5, 0.6) is 0 Å². The van der Waals surface area contributed by atoms with Crippen molar-refractivity contribution in [2.75, 3.05) is 24.3 Å². The maximum Gasteiger partial charge on any atom is 0.212 e. The van der Waals surface area contributed by atoms with Crippen LogP contribution in [0.15, 0.2) is 0 Å². The molecule has 108 valence electrons. The Morgan fingerprint density at radius 2 is 1.72 bits per heavy atom. The Hall–Kier alpha value is 0.150. The Labute approximate surface area is 114 Å². The number of nitrogens with one attached hydrogen (secondary N) is 1. The summed E-state index contributed by atoms with van der Waals surface area (Å²) in [6, 6.07) is 0. The summed E-state index contributed by atoms with van der Waals surface area (Å²) in [4.78, 5) is 0. The van der Waals surface area contributed by atoms with Gasteiger partial charge in [0.25, 0.3) is 0 Å². The van der Waals surface area contributed by atoms with Gasteiger partial charge < -0.3 is 0 Å². The average Bonchev–Trinajstić information content (AvgIpc) is 2.25. The third kappa shape index (κ3) is 6.36. The van der Waals surface area contributed by atoms with E-state index in [0.29, 0.717) is 6.54 Å². The zero-order chi connectivity index (χ0) is 13.8. The molecule has 5 nitrogen and oxygen atoms in total. The van der Waals surface area contributed by atoms with Crippen LogP contribution in [0.25, 0.3) is 0 Å². The molecule has 1 aliphatic rings. The van der Waals surface area contributed by atoms with Crippen LogP contribution in [0.4, 0.5) is 0 Å². The topological polar surface area (TPSA) is 80.3 Å². The summed E-state index contributed by atoms with van der Waals surface area (Å²) in [5, 5.41) is 0.0105. The third-order valence-corrected chi connectivity index (χ3v) is 6.23. The van der Waals surface area contributed by atoms with Crippen molar-refractivity contribution in [3.8, 4) is 0 Å². The van der Waals surface area contributed by atoms with Gasteiger partial charge in [-0.3, -0.25) is 0 Å². The molecule has 0 bridgehead atoms. The summed E-state index contributed by atoms with van der Waals surface area (Å²) in [6.07, 6.45) is 5.02. The number of sulfone groups is 1. The molecule has 0 spiro atoms. The molecule has 0 amide bonds. The van der Waals surface area contributed by atoms with Gasteiger partial charge in [0.15, 0.2) is 0 Å². The standard InChI is InChI=1S/C10H20ClNO4S2/c1-17(13,14)6-7-18(15,16)12-8-9-4-2-3-5-10(9)11/h9-10,12H,2-8H2,1H3. The molecular weight excluding hydrogens is 298 g/mol. The fraction of sp³-hybridized carbons (Fsp3) is 1.00. The number of alkyl halides is 1. The van der Waals surface area contributed by atoms with Crippen LogP contribution < -0.4 is 4.72 Å². The predicted molar refractivity (Wildman–Crippen MR) is 73.1 cm³/mol. The van der Waals surface area contributed by atoms with Crippen LogP contribution >= 0.6 is 11.6 Å². The molecule has 1 N–H and O–H groups in total. The maximum atomic E-state index is 11.6. The molecule has 0 aromatic rings. The van der Waals surface area contributed by atoms with Crippen molar-refractivity contribution < 1.29 is 16.8 Å². The van der Waals surface area contributed by atoms with Crippen molar-refractivity contribution in [3.63, 3.8) is 0 Å². The molecule has 0 saturated heterocycles. The molecule has 8 heteroatoms. The molecule has 1 saturated carbocycles. The van der Waals surface area contributed by atoms with Crippen LogP contribution in [-0.4, -0.2) is 46.5 Å². The van der Waals surface area contributed by atoms with Crippen molar-refractivity contribution in [1.29, 1.82) is 0 Å². The number of hydrogen-bond acceptors (Lipinski definition) is 4. The lowest BCUT2D eigenvalue weighted by molar-refractivity contribution is 0.364. The summed E-state index contributed by atoms with van der Waals surface area (Å²) < 4.78 is 47.5. The first-order valence-corrected chi connectivity index (χ1v) is 10.1. The highest BCUT2D eigenvalue weighted by Crippen LogP contribution is 2.28. The molecule has 0 aliphatic heterocycles. The molecular formula is C10H20ClNO4S2. The molecule has 0 aromatic heterocycles. The lowest BCUT2D eigenvalue weighted by Gasteiger charge is -2.26. The summed E-state index contributed by atoms with van der Waals surface area (Å²) >= 11 is 6.13. The van der Waals surface area contributed by atoms with E-state index >= 15 is 0 Å². The second-order valence-electron chi connectivity index (χ2n) is 4.86. The molecule has 2 unspecified atom stereocenters. The van der Waals surface area contributed by atoms with E-state index in [9.17, 15) is 16.8 Å². The molecule has 1 fully saturated rings. The van der Waals surface area contributed by atoms with E-state index in [4.69, 9.17) is 11.6 Å². The van der Waals surface area contributed by atoms with Gasteiger partial charge in [-0.25, -0.2) is 21.6 Å². The Kier molecular flexibility index (Phi) is 5.89. The SMILES string of the molecule is CS(=O)(=O)CCS(=O)(=O)NCC1CCCCC1Cl. The van der Waals surface area contributed by atoms with Crippen LogP contribution in [0.3, 0.4) is 0 Å². The Bertz CT molecular complexity index is 460. The Morgan fingerprint density at radius 3 is 2.28 bits per heavy atom. The number of rotatable bonds is 6. The van der Waals surface area contributed by atoms with E-state index in [0.717, 1.165) is 31.9 Å². The van der Waals surface area contributed by atoms with E-state index in [1.54, 1.807) is 0 Å². The van der Waals surface area contributed by atoms with Crippen molar-refractivity contribution in [1.82, 2.24) is 4.72 Å². The van der Waals surface area contributed by atoms with E-state index in [-0.39, 0.29) is 22.8 Å². The van der Waals surface area contributed by atoms with Crippen LogP contribution in [0, 0.1) is 5.92 Å². The summed E-state index contributed by atoms with van der Waals surface area (Å²) in [7, 11) is -6.78. The minimum atomic E-state index is -3.53. The fourth-order valence-corrected chi connectivity index (χ4v) is 5.03. The smallest absolute Gasteiger partial charge is 0.212 e. The van der Waals surface area contributed by atoms with Gasteiger partial charge in [-0.2, -0.15) is 0 Å². The van der Waals surface area contributed by atoms with Crippen LogP contribution in [-0.2, 0) is 19.9 Å². The molecule has 2 atom stereocenters. The Morgan fingerprint density at radius 1 is 1.11 bits per heavy atom. The van der Waals surface area contributed by atoms with Gasteiger partial charge in [-0.05, 0) is 18.8 Å². The van der Waals surface area contributed by atoms with Gasteiger partial charge in [-0.1, -0.05) is 12.8 Å². The summed E-state index contributed by atoms with van der Waals surface area (Å²) in [6.45, 7) is 0.306. The molecule has 0 aromatic carbocycles. The quantitative estimate of drug-likeness (QED) is 0.733. The van der Waals surface area contributed by atoms with Crippen molar-refractivity contribution in [3.05, 3.63) is 0 Å². The number of hydrogen-bond donors (Lipinski definition) is 1. The minimum absolute atomic E-state index is 0.0105. The highest BCUT2D eigenvalue weighted by atomic mass is 35.5. The normalized spacial score (nSPS) is 26.1. The van der Waals surface area contributed by atoms with E-state index in [1.165, 1.54) is 0 Å². The first-order valence-electron chi connectivity index (χ1n) is 5.99. The molecule has 18 heavy (non-hydrogen) atoms. The van der Waals surface area contributed by atoms with Gasteiger partial charge in [0.05, 0.1) is 11.5 Å².